The number of hydrogen-bond acceptors (Lipinski definition) is 3. The fourth-order valence-electron chi connectivity index (χ4n) is 1.32. The number of ether oxygens (including phenoxy) is 2. The van der Waals surface area contributed by atoms with Crippen LogP contribution in [0.15, 0.2) is 36.6 Å². The maximum Gasteiger partial charge on any atom is 0.243 e. The van der Waals surface area contributed by atoms with Crippen LogP contribution in [-0.2, 0) is 14.3 Å². The van der Waals surface area contributed by atoms with Crippen LogP contribution in [0.2, 0.25) is 0 Å². The van der Waals surface area contributed by atoms with Gasteiger partial charge in [-0.05, 0) is 32.3 Å². The van der Waals surface area contributed by atoms with E-state index in [0.29, 0.717) is 19.0 Å². The van der Waals surface area contributed by atoms with Crippen molar-refractivity contribution in [3.63, 3.8) is 0 Å². The smallest absolute Gasteiger partial charge is 0.243 e. The van der Waals surface area contributed by atoms with Gasteiger partial charge in [0.15, 0.2) is 0 Å². The number of carbonyl (C=O) groups is 1. The standard InChI is InChI=1S/C15H25NO3/c1-13(2)8-9-14(3)19-11-7-5-4-6-10-18-12-15(16)17/h8-9H,1,3-7,10-12H2,2H3,(H2,16,17)/b9-8-. The molecule has 0 aliphatic heterocycles. The molecule has 4 nitrogen and oxygen atoms in total. The molecule has 0 rings (SSSR count). The molecule has 0 saturated heterocycles. The molecule has 1 amide bonds. The molecule has 4 heteroatoms. The van der Waals surface area contributed by atoms with Gasteiger partial charge in [0.1, 0.15) is 12.4 Å². The van der Waals surface area contributed by atoms with Crippen LogP contribution in [0.25, 0.3) is 0 Å². The summed E-state index contributed by atoms with van der Waals surface area (Å²) in [5.41, 5.74) is 5.92. The van der Waals surface area contributed by atoms with Crippen molar-refractivity contribution in [1.82, 2.24) is 0 Å². The molecule has 2 N–H and O–H groups in total. The first-order valence-electron chi connectivity index (χ1n) is 6.53. The molecule has 0 heterocycles. The molecule has 108 valence electrons. The molecule has 0 unspecified atom stereocenters. The number of unbranched alkanes of at least 4 members (excludes halogenated alkanes) is 3. The number of nitrogens with two attached hydrogens (primary N) is 1. The SMILES string of the molecule is C=C(C)/C=C\C(=C)OCCCCCCOCC(N)=O. The monoisotopic (exact) mass is 267 g/mol. The van der Waals surface area contributed by atoms with E-state index >= 15 is 0 Å². The minimum absolute atomic E-state index is 0.0119. The highest BCUT2D eigenvalue weighted by atomic mass is 16.5. The van der Waals surface area contributed by atoms with Crippen LogP contribution in [0.3, 0.4) is 0 Å². The lowest BCUT2D eigenvalue weighted by Crippen LogP contribution is -2.18. The molecule has 0 aliphatic carbocycles. The molecule has 0 bridgehead atoms. The summed E-state index contributed by atoms with van der Waals surface area (Å²) < 4.78 is 10.5. The van der Waals surface area contributed by atoms with Crippen molar-refractivity contribution >= 4 is 5.91 Å². The predicted molar refractivity (Wildman–Crippen MR) is 77.5 cm³/mol. The molecule has 0 aliphatic rings. The Labute approximate surface area is 116 Å². The van der Waals surface area contributed by atoms with Crippen LogP contribution in [0, 0.1) is 0 Å². The lowest BCUT2D eigenvalue weighted by Gasteiger charge is -2.05. The first-order chi connectivity index (χ1) is 9.02. The summed E-state index contributed by atoms with van der Waals surface area (Å²) in [6.45, 7) is 10.7. The van der Waals surface area contributed by atoms with Gasteiger partial charge in [-0.25, -0.2) is 0 Å². The molecule has 0 atom stereocenters. The summed E-state index contributed by atoms with van der Waals surface area (Å²) in [7, 11) is 0. The van der Waals surface area contributed by atoms with Crippen LogP contribution in [0.5, 0.6) is 0 Å². The van der Waals surface area contributed by atoms with E-state index in [4.69, 9.17) is 15.2 Å². The number of amides is 1. The van der Waals surface area contributed by atoms with E-state index in [0.717, 1.165) is 31.3 Å². The summed E-state index contributed by atoms with van der Waals surface area (Å²) >= 11 is 0. The summed E-state index contributed by atoms with van der Waals surface area (Å²) in [5.74, 6) is 0.238. The van der Waals surface area contributed by atoms with E-state index in [1.165, 1.54) is 0 Å². The fourth-order valence-corrected chi connectivity index (χ4v) is 1.32. The Hall–Kier alpha value is -1.55. The van der Waals surface area contributed by atoms with Gasteiger partial charge in [0.05, 0.1) is 6.61 Å². The van der Waals surface area contributed by atoms with Gasteiger partial charge in [-0.1, -0.05) is 31.2 Å². The third-order valence-corrected chi connectivity index (χ3v) is 2.27. The Morgan fingerprint density at radius 3 is 2.32 bits per heavy atom. The Morgan fingerprint density at radius 1 is 1.11 bits per heavy atom. The Morgan fingerprint density at radius 2 is 1.74 bits per heavy atom. The van der Waals surface area contributed by atoms with Gasteiger partial charge in [-0.3, -0.25) is 4.79 Å². The quantitative estimate of drug-likeness (QED) is 0.336. The third-order valence-electron chi connectivity index (χ3n) is 2.27. The second-order valence-electron chi connectivity index (χ2n) is 4.43. The topological polar surface area (TPSA) is 61.6 Å². The number of carbonyl (C=O) groups excluding carboxylic acids is 1. The van der Waals surface area contributed by atoms with E-state index in [2.05, 4.69) is 13.2 Å². The molecule has 0 radical (unpaired) electrons. The molecular weight excluding hydrogens is 242 g/mol. The summed E-state index contributed by atoms with van der Waals surface area (Å²) in [6.07, 6.45) is 7.73. The molecule has 0 aromatic heterocycles. The maximum atomic E-state index is 10.4. The predicted octanol–water partition coefficient (Wildman–Crippen LogP) is 2.71. The highest BCUT2D eigenvalue weighted by Crippen LogP contribution is 2.04. The average Bonchev–Trinajstić information content (AvgIpc) is 2.34. The van der Waals surface area contributed by atoms with Gasteiger partial charge in [-0.2, -0.15) is 0 Å². The highest BCUT2D eigenvalue weighted by Gasteiger charge is 1.95. The van der Waals surface area contributed by atoms with Gasteiger partial charge < -0.3 is 15.2 Å². The zero-order valence-corrected chi connectivity index (χ0v) is 11.8. The van der Waals surface area contributed by atoms with E-state index in [1.807, 2.05) is 19.1 Å². The molecule has 0 fully saturated rings. The number of hydrogen-bond donors (Lipinski definition) is 1. The van der Waals surface area contributed by atoms with Crippen molar-refractivity contribution in [3.05, 3.63) is 36.6 Å². The second-order valence-corrected chi connectivity index (χ2v) is 4.43. The van der Waals surface area contributed by atoms with E-state index in [9.17, 15) is 4.79 Å². The van der Waals surface area contributed by atoms with Crippen LogP contribution in [-0.4, -0.2) is 25.7 Å². The van der Waals surface area contributed by atoms with E-state index in [1.54, 1.807) is 0 Å². The van der Waals surface area contributed by atoms with Crippen molar-refractivity contribution in [2.75, 3.05) is 19.8 Å². The lowest BCUT2D eigenvalue weighted by atomic mass is 10.2. The summed E-state index contributed by atoms with van der Waals surface area (Å²) in [6, 6.07) is 0. The molecule has 0 aromatic carbocycles. The van der Waals surface area contributed by atoms with Crippen molar-refractivity contribution < 1.29 is 14.3 Å². The largest absolute Gasteiger partial charge is 0.494 e. The molecule has 0 spiro atoms. The number of rotatable bonds is 12. The first-order valence-corrected chi connectivity index (χ1v) is 6.53. The van der Waals surface area contributed by atoms with Crippen LogP contribution >= 0.6 is 0 Å². The van der Waals surface area contributed by atoms with Gasteiger partial charge in [0.25, 0.3) is 0 Å². The van der Waals surface area contributed by atoms with Crippen molar-refractivity contribution in [2.24, 2.45) is 5.73 Å². The van der Waals surface area contributed by atoms with Crippen molar-refractivity contribution in [3.8, 4) is 0 Å². The average molecular weight is 267 g/mol. The first kappa shape index (κ1) is 17.4. The van der Waals surface area contributed by atoms with Crippen LogP contribution in [0.1, 0.15) is 32.6 Å². The summed E-state index contributed by atoms with van der Waals surface area (Å²) in [5, 5.41) is 0. The number of allylic oxidation sites excluding steroid dienone is 3. The van der Waals surface area contributed by atoms with Crippen LogP contribution < -0.4 is 5.73 Å². The Kier molecular flexibility index (Phi) is 10.6. The Balaban J connectivity index is 3.29. The molecule has 19 heavy (non-hydrogen) atoms. The Bertz CT molecular complexity index is 321. The minimum atomic E-state index is -0.422. The highest BCUT2D eigenvalue weighted by molar-refractivity contribution is 5.74. The molecule has 0 saturated carbocycles. The molecular formula is C15H25NO3. The van der Waals surface area contributed by atoms with E-state index in [-0.39, 0.29) is 6.61 Å². The normalized spacial score (nSPS) is 10.6. The minimum Gasteiger partial charge on any atom is -0.494 e. The van der Waals surface area contributed by atoms with Crippen molar-refractivity contribution in [1.29, 1.82) is 0 Å². The van der Waals surface area contributed by atoms with Gasteiger partial charge in [-0.15, -0.1) is 0 Å². The maximum absolute atomic E-state index is 10.4. The van der Waals surface area contributed by atoms with E-state index < -0.39 is 5.91 Å². The lowest BCUT2D eigenvalue weighted by molar-refractivity contribution is -0.122. The zero-order chi connectivity index (χ0) is 14.5. The zero-order valence-electron chi connectivity index (χ0n) is 11.8. The number of primary amides is 1. The fraction of sp³-hybridized carbons (Fsp3) is 0.533. The van der Waals surface area contributed by atoms with Gasteiger partial charge in [0, 0.05) is 6.61 Å². The van der Waals surface area contributed by atoms with Crippen molar-refractivity contribution in [2.45, 2.75) is 32.6 Å². The second kappa shape index (κ2) is 11.5. The summed E-state index contributed by atoms with van der Waals surface area (Å²) in [4.78, 5) is 10.4. The van der Waals surface area contributed by atoms with Gasteiger partial charge in [0.2, 0.25) is 5.91 Å². The van der Waals surface area contributed by atoms with Crippen LogP contribution in [0.4, 0.5) is 0 Å². The third kappa shape index (κ3) is 14.4. The van der Waals surface area contributed by atoms with Gasteiger partial charge >= 0.3 is 0 Å². The molecule has 0 aromatic rings.